The van der Waals surface area contributed by atoms with Gasteiger partial charge in [0.05, 0.1) is 11.4 Å². The lowest BCUT2D eigenvalue weighted by Gasteiger charge is -2.36. The van der Waals surface area contributed by atoms with E-state index in [2.05, 4.69) is 23.5 Å². The number of nitrogens with zero attached hydrogens (tertiary/aromatic N) is 1. The van der Waals surface area contributed by atoms with Crippen molar-refractivity contribution in [2.45, 2.75) is 43.9 Å². The zero-order valence-corrected chi connectivity index (χ0v) is 12.4. The molecule has 0 bridgehead atoms. The molecule has 3 aliphatic rings. The zero-order valence-electron chi connectivity index (χ0n) is 12.4. The number of carbonyl (C=O) groups is 1. The number of fused-ring (bicyclic) bond motifs is 2. The first-order chi connectivity index (χ1) is 10.3. The first-order valence-electron chi connectivity index (χ1n) is 8.25. The molecule has 2 fully saturated rings. The fraction of sp³-hybridized carbons (Fsp3) is 0.556. The van der Waals surface area contributed by atoms with Gasteiger partial charge in [0.15, 0.2) is 5.78 Å². The van der Waals surface area contributed by atoms with Crippen molar-refractivity contribution in [3.8, 4) is 0 Å². The molecule has 0 aromatic heterocycles. The molecule has 2 aliphatic heterocycles. The van der Waals surface area contributed by atoms with Crippen LogP contribution in [0.5, 0.6) is 0 Å². The van der Waals surface area contributed by atoms with E-state index in [4.69, 9.17) is 4.99 Å². The molecule has 3 nitrogen and oxygen atoms in total. The Morgan fingerprint density at radius 2 is 1.86 bits per heavy atom. The van der Waals surface area contributed by atoms with Crippen LogP contribution in [0.15, 0.2) is 29.3 Å². The predicted octanol–water partition coefficient (Wildman–Crippen LogP) is 3.15. The van der Waals surface area contributed by atoms with Crippen molar-refractivity contribution in [2.24, 2.45) is 10.9 Å². The van der Waals surface area contributed by atoms with Crippen molar-refractivity contribution in [3.63, 3.8) is 0 Å². The van der Waals surface area contributed by atoms with Crippen LogP contribution in [0.3, 0.4) is 0 Å². The number of aliphatic imine (C=N–C) groups is 1. The molecule has 1 aromatic rings. The van der Waals surface area contributed by atoms with Crippen molar-refractivity contribution in [3.05, 3.63) is 29.8 Å². The van der Waals surface area contributed by atoms with E-state index in [1.165, 1.54) is 18.4 Å². The Morgan fingerprint density at radius 3 is 2.62 bits per heavy atom. The minimum Gasteiger partial charge on any atom is -0.317 e. The standard InChI is InChI=1S/C18H22N2O/c21-16(13-5-1-2-6-13)17-18(9-11-19-12-10-18)14-7-3-4-8-15(14)20-17/h3-4,7-8,13,19H,1-2,5-6,9-12H2. The van der Waals surface area contributed by atoms with Crippen LogP contribution in [0.25, 0.3) is 0 Å². The Balaban J connectivity index is 1.76. The summed E-state index contributed by atoms with van der Waals surface area (Å²) < 4.78 is 0. The number of Topliss-reactive ketones (excluding diaryl/α,β-unsaturated/α-hetero) is 1. The number of benzene rings is 1. The molecule has 2 heterocycles. The van der Waals surface area contributed by atoms with Crippen LogP contribution >= 0.6 is 0 Å². The highest BCUT2D eigenvalue weighted by Gasteiger charge is 2.48. The van der Waals surface area contributed by atoms with Gasteiger partial charge in [-0.05, 0) is 50.4 Å². The summed E-state index contributed by atoms with van der Waals surface area (Å²) in [5.74, 6) is 0.565. The lowest BCUT2D eigenvalue weighted by molar-refractivity contribution is -0.116. The molecule has 1 spiro atoms. The second-order valence-electron chi connectivity index (χ2n) is 6.66. The van der Waals surface area contributed by atoms with Gasteiger partial charge in [-0.15, -0.1) is 0 Å². The Kier molecular flexibility index (Phi) is 3.18. The smallest absolute Gasteiger partial charge is 0.181 e. The molecule has 1 N–H and O–H groups in total. The first-order valence-corrected chi connectivity index (χ1v) is 8.25. The third kappa shape index (κ3) is 1.98. The lowest BCUT2D eigenvalue weighted by Crippen LogP contribution is -2.47. The molecule has 1 aromatic carbocycles. The normalized spacial score (nSPS) is 24.1. The van der Waals surface area contributed by atoms with Crippen molar-refractivity contribution in [1.82, 2.24) is 5.32 Å². The number of rotatable bonds is 2. The molecule has 1 saturated carbocycles. The van der Waals surface area contributed by atoms with Gasteiger partial charge in [0.2, 0.25) is 0 Å². The van der Waals surface area contributed by atoms with Gasteiger partial charge in [0, 0.05) is 11.3 Å². The molecule has 0 radical (unpaired) electrons. The van der Waals surface area contributed by atoms with Gasteiger partial charge in [-0.2, -0.15) is 0 Å². The van der Waals surface area contributed by atoms with Gasteiger partial charge in [0.1, 0.15) is 0 Å². The topological polar surface area (TPSA) is 41.5 Å². The summed E-state index contributed by atoms with van der Waals surface area (Å²) >= 11 is 0. The molecule has 3 heteroatoms. The zero-order chi connectivity index (χ0) is 14.3. The van der Waals surface area contributed by atoms with Crippen LogP contribution in [-0.4, -0.2) is 24.6 Å². The van der Waals surface area contributed by atoms with Crippen LogP contribution in [0.1, 0.15) is 44.1 Å². The molecule has 0 atom stereocenters. The van der Waals surface area contributed by atoms with Crippen molar-refractivity contribution in [1.29, 1.82) is 0 Å². The van der Waals surface area contributed by atoms with Crippen LogP contribution < -0.4 is 5.32 Å². The molecule has 0 unspecified atom stereocenters. The third-order valence-corrected chi connectivity index (χ3v) is 5.52. The van der Waals surface area contributed by atoms with Crippen LogP contribution in [-0.2, 0) is 10.2 Å². The van der Waals surface area contributed by atoms with E-state index in [1.807, 2.05) is 6.07 Å². The predicted molar refractivity (Wildman–Crippen MR) is 84.3 cm³/mol. The first kappa shape index (κ1) is 13.2. The van der Waals surface area contributed by atoms with Crippen molar-refractivity contribution < 1.29 is 4.79 Å². The second-order valence-corrected chi connectivity index (χ2v) is 6.66. The molecule has 110 valence electrons. The quantitative estimate of drug-likeness (QED) is 0.905. The van der Waals surface area contributed by atoms with E-state index in [-0.39, 0.29) is 11.3 Å². The van der Waals surface area contributed by atoms with Gasteiger partial charge < -0.3 is 5.32 Å². The second kappa shape index (κ2) is 5.06. The summed E-state index contributed by atoms with van der Waals surface area (Å²) in [5, 5.41) is 3.43. The lowest BCUT2D eigenvalue weighted by atomic mass is 9.68. The minimum atomic E-state index is -0.110. The number of ketones is 1. The average Bonchev–Trinajstić information content (AvgIpc) is 3.16. The van der Waals surface area contributed by atoms with Gasteiger partial charge in [-0.1, -0.05) is 31.0 Å². The molecule has 1 aliphatic carbocycles. The molecular weight excluding hydrogens is 260 g/mol. The van der Waals surface area contributed by atoms with E-state index in [9.17, 15) is 4.79 Å². The van der Waals surface area contributed by atoms with Crippen LogP contribution in [0.4, 0.5) is 5.69 Å². The SMILES string of the molecule is O=C(C1=Nc2ccccc2C12CCNCC2)C1CCCC1. The molecule has 0 amide bonds. The van der Waals surface area contributed by atoms with Crippen LogP contribution in [0, 0.1) is 5.92 Å². The van der Waals surface area contributed by atoms with Gasteiger partial charge in [0.25, 0.3) is 0 Å². The van der Waals surface area contributed by atoms with Crippen LogP contribution in [0.2, 0.25) is 0 Å². The van der Waals surface area contributed by atoms with E-state index in [0.717, 1.165) is 50.2 Å². The number of para-hydroxylation sites is 1. The fourth-order valence-electron chi connectivity index (χ4n) is 4.36. The number of nitrogens with one attached hydrogen (secondary N) is 1. The largest absolute Gasteiger partial charge is 0.317 e. The summed E-state index contributed by atoms with van der Waals surface area (Å²) in [6, 6.07) is 8.36. The fourth-order valence-corrected chi connectivity index (χ4v) is 4.36. The van der Waals surface area contributed by atoms with E-state index in [1.54, 1.807) is 0 Å². The van der Waals surface area contributed by atoms with Gasteiger partial charge >= 0.3 is 0 Å². The van der Waals surface area contributed by atoms with Gasteiger partial charge in [-0.25, -0.2) is 4.99 Å². The van der Waals surface area contributed by atoms with Crippen molar-refractivity contribution >= 4 is 17.2 Å². The maximum absolute atomic E-state index is 13.0. The summed E-state index contributed by atoms with van der Waals surface area (Å²) in [5.41, 5.74) is 3.08. The highest BCUT2D eigenvalue weighted by atomic mass is 16.1. The maximum Gasteiger partial charge on any atom is 0.181 e. The minimum absolute atomic E-state index is 0.110. The number of hydrogen-bond donors (Lipinski definition) is 1. The van der Waals surface area contributed by atoms with Crippen molar-refractivity contribution in [2.75, 3.05) is 13.1 Å². The average molecular weight is 282 g/mol. The highest BCUT2D eigenvalue weighted by Crippen LogP contribution is 2.47. The summed E-state index contributed by atoms with van der Waals surface area (Å²) in [4.78, 5) is 17.9. The van der Waals surface area contributed by atoms with E-state index in [0.29, 0.717) is 5.78 Å². The molecule has 1 saturated heterocycles. The highest BCUT2D eigenvalue weighted by molar-refractivity contribution is 6.45. The number of hydrogen-bond acceptors (Lipinski definition) is 3. The van der Waals surface area contributed by atoms with E-state index < -0.39 is 0 Å². The van der Waals surface area contributed by atoms with Gasteiger partial charge in [-0.3, -0.25) is 4.79 Å². The molecular formula is C18H22N2O. The Hall–Kier alpha value is -1.48. The summed E-state index contributed by atoms with van der Waals surface area (Å²) in [6.45, 7) is 1.95. The van der Waals surface area contributed by atoms with E-state index >= 15 is 0 Å². The Bertz CT molecular complexity index is 593. The molecule has 4 rings (SSSR count). The monoisotopic (exact) mass is 282 g/mol. The number of piperidine rings is 1. The number of carbonyl (C=O) groups excluding carboxylic acids is 1. The summed E-state index contributed by atoms with van der Waals surface area (Å²) in [7, 11) is 0. The Morgan fingerprint density at radius 1 is 1.14 bits per heavy atom. The molecule has 21 heavy (non-hydrogen) atoms. The summed E-state index contributed by atoms with van der Waals surface area (Å²) in [6.07, 6.45) is 6.52. The third-order valence-electron chi connectivity index (χ3n) is 5.52. The Labute approximate surface area is 125 Å². The maximum atomic E-state index is 13.0.